The second-order valence-corrected chi connectivity index (χ2v) is 9.29. The quantitative estimate of drug-likeness (QED) is 0.132. The molecule has 9 nitrogen and oxygen atoms in total. The average molecular weight is 559 g/mol. The highest BCUT2D eigenvalue weighted by molar-refractivity contribution is 5.13. The summed E-state index contributed by atoms with van der Waals surface area (Å²) in [6, 6.07) is 10.1. The van der Waals surface area contributed by atoms with Crippen molar-refractivity contribution in [3.8, 4) is 0 Å². The minimum atomic E-state index is -0.104. The third-order valence-corrected chi connectivity index (χ3v) is 5.81. The molecule has 1 aromatic rings. The van der Waals surface area contributed by atoms with E-state index in [1.54, 1.807) is 0 Å². The number of rotatable bonds is 31. The van der Waals surface area contributed by atoms with Crippen LogP contribution >= 0.6 is 0 Å². The molecular formula is C30H54O9. The van der Waals surface area contributed by atoms with E-state index in [1.165, 1.54) is 0 Å². The molecule has 228 valence electrons. The Balaban J connectivity index is 1.94. The number of hydrogen-bond acceptors (Lipinski definition) is 9. The second kappa shape index (κ2) is 29.8. The molecule has 2 N–H and O–H groups in total. The predicted molar refractivity (Wildman–Crippen MR) is 151 cm³/mol. The molecule has 0 aromatic heterocycles. The number of hydrogen-bond donors (Lipinski definition) is 2. The topological polar surface area (TPSA) is 105 Å². The van der Waals surface area contributed by atoms with Crippen molar-refractivity contribution in [3.05, 3.63) is 35.9 Å². The van der Waals surface area contributed by atoms with E-state index in [2.05, 4.69) is 0 Å². The van der Waals surface area contributed by atoms with Gasteiger partial charge < -0.3 is 43.4 Å². The number of benzene rings is 1. The van der Waals surface area contributed by atoms with Gasteiger partial charge in [0.05, 0.1) is 72.7 Å². The molecule has 0 aliphatic heterocycles. The highest BCUT2D eigenvalue weighted by atomic mass is 16.6. The Morgan fingerprint density at radius 2 is 0.923 bits per heavy atom. The molecule has 0 radical (unpaired) electrons. The van der Waals surface area contributed by atoms with Crippen LogP contribution in [0.2, 0.25) is 0 Å². The number of aliphatic hydroxyl groups is 2. The molecule has 0 amide bonds. The fraction of sp³-hybridized carbons (Fsp3) is 0.800. The van der Waals surface area contributed by atoms with Gasteiger partial charge in [0.25, 0.3) is 0 Å². The van der Waals surface area contributed by atoms with Gasteiger partial charge in [-0.2, -0.15) is 0 Å². The van der Waals surface area contributed by atoms with Gasteiger partial charge in [-0.05, 0) is 31.2 Å². The first-order valence-electron chi connectivity index (χ1n) is 14.7. The molecule has 0 spiro atoms. The molecule has 0 heterocycles. The van der Waals surface area contributed by atoms with E-state index < -0.39 is 0 Å². The largest absolute Gasteiger partial charge is 0.396 e. The van der Waals surface area contributed by atoms with Gasteiger partial charge in [0.2, 0.25) is 0 Å². The maximum Gasteiger partial charge on any atom is 0.104 e. The smallest absolute Gasteiger partial charge is 0.104 e. The van der Waals surface area contributed by atoms with Crippen molar-refractivity contribution in [2.45, 2.75) is 64.1 Å². The van der Waals surface area contributed by atoms with Crippen LogP contribution < -0.4 is 0 Å². The van der Waals surface area contributed by atoms with Crippen LogP contribution in [0.15, 0.2) is 30.3 Å². The minimum Gasteiger partial charge on any atom is -0.396 e. The Kier molecular flexibility index (Phi) is 27.5. The normalized spacial score (nSPS) is 12.3. The summed E-state index contributed by atoms with van der Waals surface area (Å²) in [5.74, 6) is 0. The minimum absolute atomic E-state index is 0.104. The van der Waals surface area contributed by atoms with Crippen LogP contribution in [-0.2, 0) is 39.8 Å². The highest BCUT2D eigenvalue weighted by Gasteiger charge is 2.10. The lowest BCUT2D eigenvalue weighted by molar-refractivity contribution is -0.0702. The van der Waals surface area contributed by atoms with Crippen LogP contribution in [0.4, 0.5) is 0 Å². The summed E-state index contributed by atoms with van der Waals surface area (Å²) < 4.78 is 39.7. The average Bonchev–Trinajstić information content (AvgIpc) is 2.96. The molecule has 0 aliphatic rings. The first-order valence-corrected chi connectivity index (χ1v) is 14.7. The van der Waals surface area contributed by atoms with Crippen molar-refractivity contribution in [1.82, 2.24) is 0 Å². The van der Waals surface area contributed by atoms with E-state index in [9.17, 15) is 0 Å². The van der Waals surface area contributed by atoms with Crippen molar-refractivity contribution >= 4 is 0 Å². The van der Waals surface area contributed by atoms with Gasteiger partial charge in [-0.1, -0.05) is 56.0 Å². The van der Waals surface area contributed by atoms with Crippen molar-refractivity contribution < 1.29 is 43.4 Å². The first kappa shape index (κ1) is 35.9. The monoisotopic (exact) mass is 558 g/mol. The molecule has 0 saturated heterocycles. The third-order valence-electron chi connectivity index (χ3n) is 5.81. The maximum atomic E-state index is 8.88. The van der Waals surface area contributed by atoms with E-state index in [-0.39, 0.29) is 19.3 Å². The van der Waals surface area contributed by atoms with Crippen molar-refractivity contribution in [1.29, 1.82) is 0 Å². The van der Waals surface area contributed by atoms with Crippen LogP contribution in [0.1, 0.15) is 56.9 Å². The van der Waals surface area contributed by atoms with Gasteiger partial charge in [0.1, 0.15) is 6.10 Å². The molecule has 0 aliphatic carbocycles. The Labute approximate surface area is 236 Å². The molecule has 39 heavy (non-hydrogen) atoms. The van der Waals surface area contributed by atoms with Gasteiger partial charge in [-0.15, -0.1) is 0 Å². The zero-order chi connectivity index (χ0) is 27.9. The zero-order valence-corrected chi connectivity index (χ0v) is 24.0. The van der Waals surface area contributed by atoms with Crippen molar-refractivity contribution in [2.24, 2.45) is 0 Å². The van der Waals surface area contributed by atoms with Crippen LogP contribution in [0.3, 0.4) is 0 Å². The van der Waals surface area contributed by atoms with Gasteiger partial charge in [-0.3, -0.25) is 0 Å². The molecule has 1 atom stereocenters. The SMILES string of the molecule is OCCCCCCOCC(COCCOCCOCCOCCOCc1ccccc1)OCCCCCCO. The Morgan fingerprint density at radius 3 is 1.49 bits per heavy atom. The summed E-state index contributed by atoms with van der Waals surface area (Å²) in [6.45, 7) is 7.62. The standard InChI is InChI=1S/C30H54O9/c31-14-8-1-3-10-16-36-27-30(39-17-11-4-2-9-15-32)28-38-25-23-35-21-19-33-18-20-34-22-24-37-26-29-12-6-5-7-13-29/h5-7,12-13,30-32H,1-4,8-11,14-28H2. The Bertz CT molecular complexity index is 591. The maximum absolute atomic E-state index is 8.88. The van der Waals surface area contributed by atoms with Crippen molar-refractivity contribution in [3.63, 3.8) is 0 Å². The second-order valence-electron chi connectivity index (χ2n) is 9.29. The number of unbranched alkanes of at least 4 members (excludes halogenated alkanes) is 6. The summed E-state index contributed by atoms with van der Waals surface area (Å²) in [6.07, 6.45) is 7.70. The fourth-order valence-corrected chi connectivity index (χ4v) is 3.60. The number of aliphatic hydroxyl groups excluding tert-OH is 2. The first-order chi connectivity index (χ1) is 19.4. The molecule has 1 aromatic carbocycles. The van der Waals surface area contributed by atoms with E-state index in [4.69, 9.17) is 43.4 Å². The van der Waals surface area contributed by atoms with E-state index in [1.807, 2.05) is 30.3 Å². The molecule has 0 saturated carbocycles. The van der Waals surface area contributed by atoms with Gasteiger partial charge in [-0.25, -0.2) is 0 Å². The Morgan fingerprint density at radius 1 is 0.462 bits per heavy atom. The molecule has 0 fully saturated rings. The summed E-state index contributed by atoms with van der Waals surface area (Å²) in [7, 11) is 0. The summed E-state index contributed by atoms with van der Waals surface area (Å²) in [5.41, 5.74) is 1.16. The molecule has 1 rings (SSSR count). The van der Waals surface area contributed by atoms with Crippen LogP contribution in [0, 0.1) is 0 Å². The van der Waals surface area contributed by atoms with Crippen LogP contribution in [-0.4, -0.2) is 109 Å². The number of ether oxygens (including phenoxy) is 7. The van der Waals surface area contributed by atoms with E-state index in [0.29, 0.717) is 85.9 Å². The summed E-state index contributed by atoms with van der Waals surface area (Å²) in [4.78, 5) is 0. The molecular weight excluding hydrogens is 504 g/mol. The van der Waals surface area contributed by atoms with Gasteiger partial charge in [0, 0.05) is 26.4 Å². The lowest BCUT2D eigenvalue weighted by Crippen LogP contribution is -2.27. The summed E-state index contributed by atoms with van der Waals surface area (Å²) >= 11 is 0. The highest BCUT2D eigenvalue weighted by Crippen LogP contribution is 2.05. The third kappa shape index (κ3) is 25.6. The van der Waals surface area contributed by atoms with Crippen LogP contribution in [0.5, 0.6) is 0 Å². The molecule has 9 heteroatoms. The fourth-order valence-electron chi connectivity index (χ4n) is 3.60. The van der Waals surface area contributed by atoms with Crippen LogP contribution in [0.25, 0.3) is 0 Å². The van der Waals surface area contributed by atoms with E-state index >= 15 is 0 Å². The lowest BCUT2D eigenvalue weighted by Gasteiger charge is -2.18. The molecule has 0 bridgehead atoms. The van der Waals surface area contributed by atoms with Gasteiger partial charge in [0.15, 0.2) is 0 Å². The van der Waals surface area contributed by atoms with Gasteiger partial charge >= 0.3 is 0 Å². The zero-order valence-electron chi connectivity index (χ0n) is 24.0. The van der Waals surface area contributed by atoms with E-state index in [0.717, 1.165) is 56.9 Å². The predicted octanol–water partition coefficient (Wildman–Crippen LogP) is 3.78. The molecule has 1 unspecified atom stereocenters. The lowest BCUT2D eigenvalue weighted by atomic mass is 10.2. The Hall–Kier alpha value is -1.14. The van der Waals surface area contributed by atoms with Crippen molar-refractivity contribution in [2.75, 3.05) is 92.5 Å². The summed E-state index contributed by atoms with van der Waals surface area (Å²) in [5, 5.41) is 17.7.